The van der Waals surface area contributed by atoms with Crippen LogP contribution in [0.15, 0.2) is 96.4 Å². The highest BCUT2D eigenvalue weighted by Gasteiger charge is 2.16. The molecule has 0 aliphatic heterocycles. The lowest BCUT2D eigenvalue weighted by Gasteiger charge is -2.26. The van der Waals surface area contributed by atoms with Crippen molar-refractivity contribution < 1.29 is 28.5 Å². The number of hydrogen-bond donors (Lipinski definition) is 0. The fraction of sp³-hybridized carbons (Fsp3) is 0.205. The van der Waals surface area contributed by atoms with Crippen LogP contribution in [0.1, 0.15) is 9.67 Å². The van der Waals surface area contributed by atoms with Crippen LogP contribution >= 0.6 is 45.3 Å². The van der Waals surface area contributed by atoms with Crippen molar-refractivity contribution in [2.75, 3.05) is 58.8 Å². The fourth-order valence-electron chi connectivity index (χ4n) is 5.51. The van der Waals surface area contributed by atoms with E-state index < -0.39 is 0 Å². The number of anilines is 3. The Kier molecular flexibility index (Phi) is 11.2. The zero-order valence-electron chi connectivity index (χ0n) is 27.6. The molecule has 11 heteroatoms. The molecule has 256 valence electrons. The van der Waals surface area contributed by atoms with Gasteiger partial charge in [-0.05, 0) is 77.9 Å². The molecule has 0 aliphatic rings. The van der Waals surface area contributed by atoms with Gasteiger partial charge in [0.05, 0.1) is 49.7 Å². The average molecular weight is 742 g/mol. The molecule has 0 saturated carbocycles. The maximum absolute atomic E-state index is 11.2. The molecule has 0 bridgehead atoms. The van der Waals surface area contributed by atoms with Crippen molar-refractivity contribution in [2.24, 2.45) is 0 Å². The Hall–Kier alpha value is -4.07. The monoisotopic (exact) mass is 741 g/mol. The predicted molar refractivity (Wildman–Crippen MR) is 209 cm³/mol. The van der Waals surface area contributed by atoms with E-state index in [-0.39, 0.29) is 0 Å². The summed E-state index contributed by atoms with van der Waals surface area (Å²) in [6.45, 7) is 3.13. The van der Waals surface area contributed by atoms with Gasteiger partial charge in [-0.3, -0.25) is 4.79 Å². The summed E-state index contributed by atoms with van der Waals surface area (Å²) in [6, 6.07) is 31.9. The van der Waals surface area contributed by atoms with Crippen molar-refractivity contribution in [2.45, 2.75) is 0 Å². The van der Waals surface area contributed by atoms with Crippen molar-refractivity contribution in [3.05, 3.63) is 101 Å². The van der Waals surface area contributed by atoms with Crippen LogP contribution in [0, 0.1) is 0 Å². The van der Waals surface area contributed by atoms with Gasteiger partial charge in [0.25, 0.3) is 0 Å². The van der Waals surface area contributed by atoms with Gasteiger partial charge in [-0.1, -0.05) is 24.3 Å². The van der Waals surface area contributed by atoms with Gasteiger partial charge in [-0.25, -0.2) is 0 Å². The lowest BCUT2D eigenvalue weighted by Crippen LogP contribution is -2.12. The van der Waals surface area contributed by atoms with Crippen LogP contribution in [-0.4, -0.2) is 60.1 Å². The largest absolute Gasteiger partial charge is 0.494 e. The first-order chi connectivity index (χ1) is 24.6. The SMILES string of the molecule is COCCOCCOCCOc1ccc(N(c2ccc(-c3cc4sc(C=O)cc4s3)cc2)c2ccc(-c3cc4scc(OC)c4s3)cc2)cc1. The van der Waals surface area contributed by atoms with Gasteiger partial charge < -0.3 is 28.6 Å². The van der Waals surface area contributed by atoms with E-state index in [9.17, 15) is 4.79 Å². The zero-order chi connectivity index (χ0) is 34.3. The topological polar surface area (TPSA) is 66.5 Å². The first kappa shape index (κ1) is 34.4. The minimum atomic E-state index is 0.452. The number of fused-ring (bicyclic) bond motifs is 2. The van der Waals surface area contributed by atoms with E-state index in [2.05, 4.69) is 83.1 Å². The zero-order valence-corrected chi connectivity index (χ0v) is 30.9. The normalized spacial score (nSPS) is 11.4. The van der Waals surface area contributed by atoms with Crippen LogP contribution in [0.2, 0.25) is 0 Å². The van der Waals surface area contributed by atoms with Crippen molar-refractivity contribution in [1.29, 1.82) is 0 Å². The fourth-order valence-corrected chi connectivity index (χ4v) is 10.1. The van der Waals surface area contributed by atoms with Crippen LogP contribution in [0.4, 0.5) is 17.1 Å². The van der Waals surface area contributed by atoms with E-state index in [1.807, 2.05) is 18.2 Å². The molecule has 0 aliphatic carbocycles. The molecule has 4 aromatic heterocycles. The Morgan fingerprint density at radius 3 is 1.78 bits per heavy atom. The Bertz CT molecular complexity index is 2110. The quantitative estimate of drug-likeness (QED) is 0.0680. The molecule has 0 atom stereocenters. The second-order valence-electron chi connectivity index (χ2n) is 11.2. The van der Waals surface area contributed by atoms with Crippen LogP contribution in [-0.2, 0) is 14.2 Å². The van der Waals surface area contributed by atoms with Gasteiger partial charge in [-0.15, -0.1) is 45.3 Å². The molecule has 3 aromatic carbocycles. The molecule has 7 aromatic rings. The maximum atomic E-state index is 11.2. The molecule has 0 unspecified atom stereocenters. The summed E-state index contributed by atoms with van der Waals surface area (Å²) < 4.78 is 32.3. The van der Waals surface area contributed by atoms with Gasteiger partial charge in [0.1, 0.15) is 18.1 Å². The Labute approximate surface area is 306 Å². The lowest BCUT2D eigenvalue weighted by atomic mass is 10.1. The second kappa shape index (κ2) is 16.3. The van der Waals surface area contributed by atoms with Crippen molar-refractivity contribution in [3.63, 3.8) is 0 Å². The number of hydrogen-bond acceptors (Lipinski definition) is 11. The molecular weight excluding hydrogens is 707 g/mol. The molecule has 0 saturated heterocycles. The van der Waals surface area contributed by atoms with Crippen molar-refractivity contribution >= 4 is 87.5 Å². The number of carbonyl (C=O) groups is 1. The molecule has 0 radical (unpaired) electrons. The van der Waals surface area contributed by atoms with E-state index in [4.69, 9.17) is 23.7 Å². The smallest absolute Gasteiger partial charge is 0.160 e. The summed E-state index contributed by atoms with van der Waals surface area (Å²) in [5.74, 6) is 1.71. The molecule has 0 amide bonds. The van der Waals surface area contributed by atoms with E-state index in [0.717, 1.165) is 54.7 Å². The Balaban J connectivity index is 1.10. The molecule has 7 nitrogen and oxygen atoms in total. The summed E-state index contributed by atoms with van der Waals surface area (Å²) >= 11 is 6.71. The highest BCUT2D eigenvalue weighted by Crippen LogP contribution is 2.44. The summed E-state index contributed by atoms with van der Waals surface area (Å²) in [4.78, 5) is 16.6. The maximum Gasteiger partial charge on any atom is 0.160 e. The molecule has 0 spiro atoms. The Morgan fingerprint density at radius 2 is 1.18 bits per heavy atom. The molecule has 0 N–H and O–H groups in total. The average Bonchev–Trinajstić information content (AvgIpc) is 3.93. The summed E-state index contributed by atoms with van der Waals surface area (Å²) in [6.07, 6.45) is 0.921. The number of ether oxygens (including phenoxy) is 5. The number of methoxy groups -OCH3 is 2. The van der Waals surface area contributed by atoms with Gasteiger partial charge in [0.15, 0.2) is 6.29 Å². The molecule has 50 heavy (non-hydrogen) atoms. The molecule has 7 rings (SSSR count). The summed E-state index contributed by atoms with van der Waals surface area (Å²) in [5, 5.41) is 2.06. The van der Waals surface area contributed by atoms with Gasteiger partial charge in [0, 0.05) is 53.4 Å². The summed E-state index contributed by atoms with van der Waals surface area (Å²) in [5.41, 5.74) is 5.42. The van der Waals surface area contributed by atoms with Gasteiger partial charge >= 0.3 is 0 Å². The third-order valence-corrected chi connectivity index (χ3v) is 12.5. The van der Waals surface area contributed by atoms with Gasteiger partial charge in [-0.2, -0.15) is 0 Å². The molecule has 0 fully saturated rings. The number of nitrogens with zero attached hydrogens (tertiary/aromatic N) is 1. The summed E-state index contributed by atoms with van der Waals surface area (Å²) in [7, 11) is 3.38. The van der Waals surface area contributed by atoms with E-state index in [0.29, 0.717) is 39.6 Å². The third kappa shape index (κ3) is 7.79. The lowest BCUT2D eigenvalue weighted by molar-refractivity contribution is 0.0180. The van der Waals surface area contributed by atoms with E-state index in [1.165, 1.54) is 36.1 Å². The number of carbonyl (C=O) groups excluding carboxylic acids is 1. The number of aldehydes is 1. The highest BCUT2D eigenvalue weighted by molar-refractivity contribution is 7.30. The Morgan fingerprint density at radius 1 is 0.620 bits per heavy atom. The molecular formula is C39H35NO6S4. The van der Waals surface area contributed by atoms with Crippen LogP contribution in [0.25, 0.3) is 39.7 Å². The van der Waals surface area contributed by atoms with Crippen molar-refractivity contribution in [1.82, 2.24) is 0 Å². The predicted octanol–water partition coefficient (Wildman–Crippen LogP) is 10.9. The van der Waals surface area contributed by atoms with Gasteiger partial charge in [0.2, 0.25) is 0 Å². The van der Waals surface area contributed by atoms with E-state index >= 15 is 0 Å². The first-order valence-corrected chi connectivity index (χ1v) is 19.4. The van der Waals surface area contributed by atoms with Crippen LogP contribution in [0.3, 0.4) is 0 Å². The highest BCUT2D eigenvalue weighted by atomic mass is 32.1. The number of benzene rings is 3. The minimum absolute atomic E-state index is 0.452. The minimum Gasteiger partial charge on any atom is -0.494 e. The molecule has 4 heterocycles. The first-order valence-electron chi connectivity index (χ1n) is 16.1. The van der Waals surface area contributed by atoms with Crippen LogP contribution in [0.5, 0.6) is 11.5 Å². The second-order valence-corrected chi connectivity index (χ2v) is 15.4. The van der Waals surface area contributed by atoms with Crippen LogP contribution < -0.4 is 14.4 Å². The standard InChI is InChI=1S/C39H35NO6S4/c1-42-15-16-44-17-18-45-19-20-46-31-13-11-30(12-14-31)40(28-7-3-26(4-8-28)34-22-37-36(49-34)21-32(24-41)48-37)29-9-5-27(6-10-29)35-23-38-39(50-35)33(43-2)25-47-38/h3-14,21-25H,15-20H2,1-2H3. The number of thiophene rings is 4. The third-order valence-electron chi connectivity index (χ3n) is 7.99. The van der Waals surface area contributed by atoms with Crippen molar-refractivity contribution in [3.8, 4) is 32.4 Å². The van der Waals surface area contributed by atoms with E-state index in [1.54, 1.807) is 48.2 Å². The number of rotatable bonds is 17.